The summed E-state index contributed by atoms with van der Waals surface area (Å²) < 4.78 is 47.0. The van der Waals surface area contributed by atoms with Crippen LogP contribution >= 0.6 is 11.7 Å². The van der Waals surface area contributed by atoms with Crippen LogP contribution in [0.2, 0.25) is 0 Å². The molecule has 1 aromatic carbocycles. The van der Waals surface area contributed by atoms with Crippen LogP contribution in [0.15, 0.2) is 23.1 Å². The fourth-order valence-corrected chi connectivity index (χ4v) is 4.26. The molecule has 0 unspecified atom stereocenters. The lowest BCUT2D eigenvalue weighted by molar-refractivity contribution is 0.117. The molecule has 0 radical (unpaired) electrons. The number of rotatable bonds is 2. The number of fused-ring (bicyclic) bond motifs is 1. The van der Waals surface area contributed by atoms with E-state index >= 15 is 0 Å². The molecule has 1 aromatic heterocycles. The highest BCUT2D eigenvalue weighted by Gasteiger charge is 2.39. The monoisotopic (exact) mass is 303 g/mol. The molecule has 19 heavy (non-hydrogen) atoms. The van der Waals surface area contributed by atoms with Gasteiger partial charge in [-0.05, 0) is 12.1 Å². The van der Waals surface area contributed by atoms with Crippen LogP contribution in [0.25, 0.3) is 11.0 Å². The Morgan fingerprint density at radius 2 is 2.16 bits per heavy atom. The Labute approximate surface area is 112 Å². The van der Waals surface area contributed by atoms with Crippen molar-refractivity contribution in [2.75, 3.05) is 13.1 Å². The molecule has 6 nitrogen and oxygen atoms in total. The molecule has 1 aliphatic heterocycles. The highest BCUT2D eigenvalue weighted by Crippen LogP contribution is 2.27. The van der Waals surface area contributed by atoms with Gasteiger partial charge in [0.25, 0.3) is 0 Å². The number of β-amino-alcohol motifs (C(OH)–C–C–N with tert-alkyl or cyclic N) is 1. The molecule has 0 saturated carbocycles. The molecule has 1 N–H and O–H groups in total. The van der Waals surface area contributed by atoms with Crippen molar-refractivity contribution in [1.82, 2.24) is 13.1 Å². The molecule has 2 atom stereocenters. The molecule has 0 bridgehead atoms. The molecule has 0 amide bonds. The standard InChI is InChI=1S/C10H10FN3O3S2/c11-6-4-14(5-8(6)15)19(16,17)9-3-1-2-7-10(9)13-18-12-7/h1-3,6,8,15H,4-5H2/t6-,8-/m1/s1. The van der Waals surface area contributed by atoms with E-state index in [1.54, 1.807) is 12.1 Å². The van der Waals surface area contributed by atoms with Crippen molar-refractivity contribution in [2.45, 2.75) is 17.2 Å². The summed E-state index contributed by atoms with van der Waals surface area (Å²) in [7, 11) is -3.86. The van der Waals surface area contributed by atoms with Crippen molar-refractivity contribution in [3.8, 4) is 0 Å². The maximum Gasteiger partial charge on any atom is 0.245 e. The third-order valence-corrected chi connectivity index (χ3v) is 5.46. The van der Waals surface area contributed by atoms with Crippen molar-refractivity contribution in [1.29, 1.82) is 0 Å². The fourth-order valence-electron chi connectivity index (χ4n) is 2.04. The minimum absolute atomic E-state index is 0.0000463. The van der Waals surface area contributed by atoms with E-state index in [-0.39, 0.29) is 23.5 Å². The summed E-state index contributed by atoms with van der Waals surface area (Å²) in [5.41, 5.74) is 0.770. The Bertz CT molecular complexity index is 708. The molecule has 102 valence electrons. The van der Waals surface area contributed by atoms with Crippen molar-refractivity contribution >= 4 is 32.8 Å². The average molecular weight is 303 g/mol. The Hall–Kier alpha value is -1.16. The van der Waals surface area contributed by atoms with Crippen LogP contribution in [0.1, 0.15) is 0 Å². The third kappa shape index (κ3) is 2.02. The van der Waals surface area contributed by atoms with Gasteiger partial charge < -0.3 is 5.11 Å². The minimum Gasteiger partial charge on any atom is -0.389 e. The summed E-state index contributed by atoms with van der Waals surface area (Å²) in [6.07, 6.45) is -2.83. The number of aliphatic hydroxyl groups excluding tert-OH is 1. The van der Waals surface area contributed by atoms with Crippen LogP contribution in [-0.2, 0) is 10.0 Å². The second-order valence-corrected chi connectivity index (χ2v) is 6.73. The van der Waals surface area contributed by atoms with Gasteiger partial charge in [-0.3, -0.25) is 0 Å². The summed E-state index contributed by atoms with van der Waals surface area (Å²) in [6, 6.07) is 4.64. The van der Waals surface area contributed by atoms with Gasteiger partial charge in [-0.2, -0.15) is 13.1 Å². The first-order chi connectivity index (χ1) is 9.00. The summed E-state index contributed by atoms with van der Waals surface area (Å²) in [5.74, 6) is 0. The number of hydrogen-bond acceptors (Lipinski definition) is 6. The van der Waals surface area contributed by atoms with Gasteiger partial charge in [0.05, 0.1) is 11.7 Å². The van der Waals surface area contributed by atoms with Gasteiger partial charge in [-0.1, -0.05) is 6.07 Å². The summed E-state index contributed by atoms with van der Waals surface area (Å²) in [5, 5.41) is 9.34. The Balaban J connectivity index is 2.08. The van der Waals surface area contributed by atoms with Gasteiger partial charge >= 0.3 is 0 Å². The van der Waals surface area contributed by atoms with E-state index in [0.29, 0.717) is 5.52 Å². The average Bonchev–Trinajstić information content (AvgIpc) is 2.96. The molecule has 1 saturated heterocycles. The van der Waals surface area contributed by atoms with Crippen LogP contribution < -0.4 is 0 Å². The SMILES string of the molecule is O=S(=O)(c1cccc2nsnc12)N1C[C@@H](O)[C@H](F)C1. The van der Waals surface area contributed by atoms with Crippen molar-refractivity contribution in [2.24, 2.45) is 0 Å². The number of alkyl halides is 1. The van der Waals surface area contributed by atoms with E-state index in [2.05, 4.69) is 8.75 Å². The third-order valence-electron chi connectivity index (χ3n) is 3.05. The van der Waals surface area contributed by atoms with Crippen molar-refractivity contribution in [3.05, 3.63) is 18.2 Å². The highest BCUT2D eigenvalue weighted by molar-refractivity contribution is 7.89. The highest BCUT2D eigenvalue weighted by atomic mass is 32.2. The summed E-state index contributed by atoms with van der Waals surface area (Å²) >= 11 is 0.920. The van der Waals surface area contributed by atoms with Gasteiger partial charge in [0, 0.05) is 13.1 Å². The first-order valence-electron chi connectivity index (χ1n) is 5.54. The zero-order valence-electron chi connectivity index (χ0n) is 9.60. The molecule has 1 aliphatic rings. The molecule has 0 spiro atoms. The van der Waals surface area contributed by atoms with Crippen LogP contribution in [-0.4, -0.2) is 51.9 Å². The molecule has 0 aliphatic carbocycles. The lowest BCUT2D eigenvalue weighted by atomic mass is 10.3. The van der Waals surface area contributed by atoms with Gasteiger partial charge in [-0.15, -0.1) is 0 Å². The van der Waals surface area contributed by atoms with E-state index in [4.69, 9.17) is 0 Å². The van der Waals surface area contributed by atoms with E-state index in [0.717, 1.165) is 16.0 Å². The van der Waals surface area contributed by atoms with Crippen LogP contribution in [0.4, 0.5) is 4.39 Å². The number of sulfonamides is 1. The number of halogens is 1. The van der Waals surface area contributed by atoms with Crippen molar-refractivity contribution in [3.63, 3.8) is 0 Å². The van der Waals surface area contributed by atoms with Crippen molar-refractivity contribution < 1.29 is 17.9 Å². The molecule has 2 heterocycles. The Kier molecular flexibility index (Phi) is 3.01. The quantitative estimate of drug-likeness (QED) is 0.868. The minimum atomic E-state index is -3.86. The topological polar surface area (TPSA) is 83.4 Å². The zero-order valence-corrected chi connectivity index (χ0v) is 11.2. The fraction of sp³-hybridized carbons (Fsp3) is 0.400. The number of nitrogens with zero attached hydrogens (tertiary/aromatic N) is 3. The predicted octanol–water partition coefficient (Wildman–Crippen LogP) is 0.395. The molecule has 2 aromatic rings. The molecule has 1 fully saturated rings. The van der Waals surface area contributed by atoms with Crippen LogP contribution in [0.5, 0.6) is 0 Å². The van der Waals surface area contributed by atoms with Gasteiger partial charge in [-0.25, -0.2) is 12.8 Å². The molecular weight excluding hydrogens is 293 g/mol. The largest absolute Gasteiger partial charge is 0.389 e. The predicted molar refractivity (Wildman–Crippen MR) is 67.1 cm³/mol. The lowest BCUT2D eigenvalue weighted by Gasteiger charge is -2.15. The van der Waals surface area contributed by atoms with Crippen LogP contribution in [0.3, 0.4) is 0 Å². The van der Waals surface area contributed by atoms with E-state index < -0.39 is 22.3 Å². The smallest absolute Gasteiger partial charge is 0.245 e. The Morgan fingerprint density at radius 1 is 1.37 bits per heavy atom. The van der Waals surface area contributed by atoms with Crippen LogP contribution in [0, 0.1) is 0 Å². The number of aromatic nitrogens is 2. The molecule has 9 heteroatoms. The van der Waals surface area contributed by atoms with Gasteiger partial charge in [0.2, 0.25) is 10.0 Å². The maximum atomic E-state index is 13.3. The summed E-state index contributed by atoms with van der Waals surface area (Å²) in [6.45, 7) is -0.574. The first kappa shape index (κ1) is 12.9. The van der Waals surface area contributed by atoms with E-state index in [1.807, 2.05) is 0 Å². The number of aliphatic hydroxyl groups is 1. The normalized spacial score (nSPS) is 25.2. The number of hydrogen-bond donors (Lipinski definition) is 1. The summed E-state index contributed by atoms with van der Waals surface area (Å²) in [4.78, 5) is 0.0000463. The van der Waals surface area contributed by atoms with Gasteiger partial charge in [0.1, 0.15) is 28.2 Å². The van der Waals surface area contributed by atoms with Gasteiger partial charge in [0.15, 0.2) is 0 Å². The lowest BCUT2D eigenvalue weighted by Crippen LogP contribution is -2.30. The maximum absolute atomic E-state index is 13.3. The second kappa shape index (κ2) is 4.44. The first-order valence-corrected chi connectivity index (χ1v) is 7.71. The van der Waals surface area contributed by atoms with E-state index in [1.165, 1.54) is 6.07 Å². The second-order valence-electron chi connectivity index (χ2n) is 4.29. The zero-order chi connectivity index (χ0) is 13.6. The number of benzene rings is 1. The Morgan fingerprint density at radius 3 is 2.84 bits per heavy atom. The van der Waals surface area contributed by atoms with E-state index in [9.17, 15) is 17.9 Å². The molecular formula is C10H10FN3O3S2. The molecule has 3 rings (SSSR count).